The topological polar surface area (TPSA) is 61.1 Å². The van der Waals surface area contributed by atoms with Crippen molar-refractivity contribution in [2.24, 2.45) is 0 Å². The van der Waals surface area contributed by atoms with Crippen LogP contribution in [0.5, 0.6) is 0 Å². The summed E-state index contributed by atoms with van der Waals surface area (Å²) in [4.78, 5) is 10.5. The molecule has 0 unspecified atom stereocenters. The van der Waals surface area contributed by atoms with Gasteiger partial charge in [0.15, 0.2) is 0 Å². The lowest BCUT2D eigenvalue weighted by atomic mass is 10.00. The molecule has 0 amide bonds. The van der Waals surface area contributed by atoms with Gasteiger partial charge in [0.05, 0.1) is 18.1 Å². The Labute approximate surface area is 90.7 Å². The quantitative estimate of drug-likeness (QED) is 0.804. The van der Waals surface area contributed by atoms with Gasteiger partial charge in [-0.15, -0.1) is 11.6 Å². The summed E-state index contributed by atoms with van der Waals surface area (Å²) in [5.74, 6) is -1.88. The Hall–Kier alpha value is -1.60. The Balaban J connectivity index is 3.33. The summed E-state index contributed by atoms with van der Waals surface area (Å²) >= 11 is 5.56. The van der Waals surface area contributed by atoms with Gasteiger partial charge in [-0.2, -0.15) is 5.26 Å². The van der Waals surface area contributed by atoms with Crippen molar-refractivity contribution >= 4 is 17.6 Å². The molecule has 1 aromatic rings. The van der Waals surface area contributed by atoms with E-state index in [-0.39, 0.29) is 22.6 Å². The summed E-state index contributed by atoms with van der Waals surface area (Å²) in [6, 6.07) is 4.21. The molecule has 0 aliphatic rings. The summed E-state index contributed by atoms with van der Waals surface area (Å²) in [5, 5.41) is 17.3. The fourth-order valence-corrected chi connectivity index (χ4v) is 1.57. The van der Waals surface area contributed by atoms with E-state index in [1.165, 1.54) is 6.07 Å². The number of aliphatic carboxylic acids is 1. The zero-order valence-corrected chi connectivity index (χ0v) is 8.38. The van der Waals surface area contributed by atoms with Crippen molar-refractivity contribution < 1.29 is 14.3 Å². The number of carbonyl (C=O) groups is 1. The van der Waals surface area contributed by atoms with Crippen LogP contribution in [0.4, 0.5) is 4.39 Å². The molecule has 1 rings (SSSR count). The Bertz CT molecular complexity index is 440. The average molecular weight is 228 g/mol. The summed E-state index contributed by atoms with van der Waals surface area (Å²) in [5.41, 5.74) is 0.445. The predicted octanol–water partition coefficient (Wildman–Crippen LogP) is 2.06. The third-order valence-corrected chi connectivity index (χ3v) is 2.22. The number of alkyl halides is 1. The van der Waals surface area contributed by atoms with E-state index in [0.29, 0.717) is 0 Å². The highest BCUT2D eigenvalue weighted by atomic mass is 35.5. The number of nitriles is 1. The van der Waals surface area contributed by atoms with Gasteiger partial charge in [0.2, 0.25) is 0 Å². The summed E-state index contributed by atoms with van der Waals surface area (Å²) in [7, 11) is 0. The molecule has 0 radical (unpaired) electrons. The number of rotatable bonds is 3. The Kier molecular flexibility index (Phi) is 3.64. The minimum Gasteiger partial charge on any atom is -0.481 e. The molecule has 0 aromatic heterocycles. The molecule has 0 fully saturated rings. The highest BCUT2D eigenvalue weighted by Crippen LogP contribution is 2.20. The van der Waals surface area contributed by atoms with E-state index in [1.807, 2.05) is 6.07 Å². The molecule has 0 atom stereocenters. The molecule has 0 bridgehead atoms. The van der Waals surface area contributed by atoms with Crippen LogP contribution < -0.4 is 0 Å². The molecule has 0 heterocycles. The molecule has 1 aromatic carbocycles. The van der Waals surface area contributed by atoms with Crippen molar-refractivity contribution in [3.05, 3.63) is 34.6 Å². The third kappa shape index (κ3) is 2.45. The van der Waals surface area contributed by atoms with Crippen molar-refractivity contribution in [2.75, 3.05) is 0 Å². The van der Waals surface area contributed by atoms with Crippen LogP contribution in [-0.4, -0.2) is 11.1 Å². The maximum absolute atomic E-state index is 13.3. The molecular weight excluding hydrogens is 221 g/mol. The molecule has 0 saturated heterocycles. The maximum Gasteiger partial charge on any atom is 0.307 e. The van der Waals surface area contributed by atoms with Gasteiger partial charge in [0.1, 0.15) is 5.82 Å². The summed E-state index contributed by atoms with van der Waals surface area (Å²) in [6.07, 6.45) is -0.469. The number of hydrogen-bond acceptors (Lipinski definition) is 2. The number of carboxylic acid groups (broad SMARTS) is 1. The Morgan fingerprint density at radius 2 is 2.20 bits per heavy atom. The zero-order chi connectivity index (χ0) is 11.4. The lowest BCUT2D eigenvalue weighted by molar-refractivity contribution is -0.136. The number of halogens is 2. The van der Waals surface area contributed by atoms with Crippen LogP contribution >= 0.6 is 11.6 Å². The van der Waals surface area contributed by atoms with Crippen LogP contribution in [-0.2, 0) is 17.1 Å². The van der Waals surface area contributed by atoms with Crippen LogP contribution in [0, 0.1) is 17.1 Å². The van der Waals surface area contributed by atoms with Crippen LogP contribution in [0.2, 0.25) is 0 Å². The smallest absolute Gasteiger partial charge is 0.307 e. The SMILES string of the molecule is N#Cc1ccc(F)c(CC(=O)O)c1CCl. The molecule has 15 heavy (non-hydrogen) atoms. The van der Waals surface area contributed by atoms with Crippen molar-refractivity contribution in [3.63, 3.8) is 0 Å². The first-order chi connectivity index (χ1) is 7.10. The van der Waals surface area contributed by atoms with Gasteiger partial charge < -0.3 is 5.11 Å². The first kappa shape index (κ1) is 11.5. The number of benzene rings is 1. The molecule has 1 N–H and O–H groups in total. The van der Waals surface area contributed by atoms with Crippen LogP contribution in [0.25, 0.3) is 0 Å². The van der Waals surface area contributed by atoms with E-state index in [1.54, 1.807) is 0 Å². The second-order valence-electron chi connectivity index (χ2n) is 2.87. The molecule has 0 aliphatic heterocycles. The fraction of sp³-hybridized carbons (Fsp3) is 0.200. The lowest BCUT2D eigenvalue weighted by Crippen LogP contribution is -2.07. The predicted molar refractivity (Wildman–Crippen MR) is 52.0 cm³/mol. The van der Waals surface area contributed by atoms with E-state index < -0.39 is 18.2 Å². The van der Waals surface area contributed by atoms with Gasteiger partial charge >= 0.3 is 5.97 Å². The van der Waals surface area contributed by atoms with E-state index in [9.17, 15) is 9.18 Å². The summed E-state index contributed by atoms with van der Waals surface area (Å²) < 4.78 is 13.3. The fourth-order valence-electron chi connectivity index (χ4n) is 1.26. The molecule has 0 aliphatic carbocycles. The number of carboxylic acids is 1. The van der Waals surface area contributed by atoms with Crippen molar-refractivity contribution in [3.8, 4) is 6.07 Å². The van der Waals surface area contributed by atoms with Gasteiger partial charge in [-0.3, -0.25) is 4.79 Å². The average Bonchev–Trinajstić information content (AvgIpc) is 2.20. The monoisotopic (exact) mass is 227 g/mol. The van der Waals surface area contributed by atoms with E-state index in [2.05, 4.69) is 0 Å². The van der Waals surface area contributed by atoms with Crippen molar-refractivity contribution in [2.45, 2.75) is 12.3 Å². The molecular formula is C10H7ClFNO2. The standard InChI is InChI=1S/C10H7ClFNO2/c11-4-8-6(5-13)1-2-9(12)7(8)3-10(14)15/h1-2H,3-4H2,(H,14,15). The number of hydrogen-bond donors (Lipinski definition) is 1. The van der Waals surface area contributed by atoms with Gasteiger partial charge in [-0.05, 0) is 17.7 Å². The molecule has 3 nitrogen and oxygen atoms in total. The third-order valence-electron chi connectivity index (χ3n) is 1.96. The van der Waals surface area contributed by atoms with E-state index in [0.717, 1.165) is 6.07 Å². The maximum atomic E-state index is 13.3. The highest BCUT2D eigenvalue weighted by molar-refractivity contribution is 6.17. The zero-order valence-electron chi connectivity index (χ0n) is 7.63. The van der Waals surface area contributed by atoms with Crippen molar-refractivity contribution in [1.82, 2.24) is 0 Å². The Morgan fingerprint density at radius 3 is 2.67 bits per heavy atom. The van der Waals surface area contributed by atoms with Crippen LogP contribution in [0.15, 0.2) is 12.1 Å². The number of nitrogens with zero attached hydrogens (tertiary/aromatic N) is 1. The van der Waals surface area contributed by atoms with Crippen molar-refractivity contribution in [1.29, 1.82) is 5.26 Å². The molecule has 78 valence electrons. The van der Waals surface area contributed by atoms with Crippen LogP contribution in [0.1, 0.15) is 16.7 Å². The Morgan fingerprint density at radius 1 is 1.53 bits per heavy atom. The largest absolute Gasteiger partial charge is 0.481 e. The normalized spacial score (nSPS) is 9.67. The molecule has 5 heteroatoms. The highest BCUT2D eigenvalue weighted by Gasteiger charge is 2.15. The summed E-state index contributed by atoms with van der Waals surface area (Å²) in [6.45, 7) is 0. The first-order valence-corrected chi connectivity index (χ1v) is 4.61. The van der Waals surface area contributed by atoms with Gasteiger partial charge in [0.25, 0.3) is 0 Å². The minimum absolute atomic E-state index is 0.0171. The van der Waals surface area contributed by atoms with Gasteiger partial charge in [0, 0.05) is 11.4 Å². The molecule has 0 saturated carbocycles. The van der Waals surface area contributed by atoms with Gasteiger partial charge in [-0.1, -0.05) is 0 Å². The minimum atomic E-state index is -1.16. The van der Waals surface area contributed by atoms with Gasteiger partial charge in [-0.25, -0.2) is 4.39 Å². The second-order valence-corrected chi connectivity index (χ2v) is 3.14. The van der Waals surface area contributed by atoms with E-state index >= 15 is 0 Å². The van der Waals surface area contributed by atoms with Crippen LogP contribution in [0.3, 0.4) is 0 Å². The first-order valence-electron chi connectivity index (χ1n) is 4.08. The second kappa shape index (κ2) is 4.76. The lowest BCUT2D eigenvalue weighted by Gasteiger charge is -2.07. The van der Waals surface area contributed by atoms with E-state index in [4.69, 9.17) is 22.0 Å². The molecule has 0 spiro atoms.